The molecule has 0 bridgehead atoms. The molecule has 3 rings (SSSR count). The van der Waals surface area contributed by atoms with E-state index in [2.05, 4.69) is 5.32 Å². The van der Waals surface area contributed by atoms with Gasteiger partial charge in [0, 0.05) is 48.9 Å². The first-order chi connectivity index (χ1) is 12.8. The van der Waals surface area contributed by atoms with Gasteiger partial charge in [-0.1, -0.05) is 30.3 Å². The molecule has 1 aromatic rings. The molecule has 2 fully saturated rings. The van der Waals surface area contributed by atoms with Gasteiger partial charge in [-0.2, -0.15) is 0 Å². The molecular weight excluding hydrogens is 392 g/mol. The molecule has 0 saturated carbocycles. The van der Waals surface area contributed by atoms with Crippen LogP contribution in [0.5, 0.6) is 0 Å². The summed E-state index contributed by atoms with van der Waals surface area (Å²) < 4.78 is 16.8. The highest BCUT2D eigenvalue weighted by Gasteiger charge is 2.64. The van der Waals surface area contributed by atoms with Gasteiger partial charge < -0.3 is 15.0 Å². The molecule has 1 N–H and O–H groups in total. The van der Waals surface area contributed by atoms with Gasteiger partial charge in [-0.15, -0.1) is 11.6 Å². The van der Waals surface area contributed by atoms with Crippen LogP contribution in [0.3, 0.4) is 0 Å². The van der Waals surface area contributed by atoms with Gasteiger partial charge in [0.1, 0.15) is 6.61 Å². The maximum absolute atomic E-state index is 12.8. The Hall–Kier alpha value is -1.93. The number of amides is 2. The highest BCUT2D eigenvalue weighted by Crippen LogP contribution is 2.47. The van der Waals surface area contributed by atoms with Crippen molar-refractivity contribution in [3.05, 3.63) is 35.9 Å². The third-order valence-corrected chi connectivity index (χ3v) is 7.38. The number of ether oxygens (including phenoxy) is 1. The van der Waals surface area contributed by atoms with Gasteiger partial charge in [-0.25, -0.2) is 4.79 Å². The highest BCUT2D eigenvalue weighted by atomic mass is 35.5. The minimum Gasteiger partial charge on any atom is -0.459 e. The lowest BCUT2D eigenvalue weighted by atomic mass is 10.0. The molecule has 0 spiro atoms. The van der Waals surface area contributed by atoms with Gasteiger partial charge in [-0.05, 0) is 5.56 Å². The lowest BCUT2D eigenvalue weighted by Gasteiger charge is -2.38. The second-order valence-corrected chi connectivity index (χ2v) is 9.40. The number of hydrogen-bond acceptors (Lipinski definition) is 5. The molecule has 4 unspecified atom stereocenters. The standard InChI is InChI=1S/C18H21ClN2O5S/c1-12(22)20-7-8-27(25)18(19)10-14-9-15(23)21(14)16(18)17(24)26-11-13-5-3-2-4-6-13/h2-6,14,16H,7-11H2,1H3,(H,20,22). The Morgan fingerprint density at radius 3 is 2.70 bits per heavy atom. The molecule has 4 atom stereocenters. The van der Waals surface area contributed by atoms with Crippen molar-refractivity contribution in [3.8, 4) is 0 Å². The van der Waals surface area contributed by atoms with E-state index in [1.54, 1.807) is 0 Å². The fourth-order valence-electron chi connectivity index (χ4n) is 3.47. The summed E-state index contributed by atoms with van der Waals surface area (Å²) in [4.78, 5) is 37.2. The monoisotopic (exact) mass is 412 g/mol. The Labute approximate surface area is 164 Å². The van der Waals surface area contributed by atoms with Gasteiger partial charge in [0.15, 0.2) is 10.2 Å². The Morgan fingerprint density at radius 1 is 1.37 bits per heavy atom. The second-order valence-electron chi connectivity index (χ2n) is 6.68. The van der Waals surface area contributed by atoms with Gasteiger partial charge >= 0.3 is 5.97 Å². The average molecular weight is 413 g/mol. The summed E-state index contributed by atoms with van der Waals surface area (Å²) in [7, 11) is -1.64. The van der Waals surface area contributed by atoms with Gasteiger partial charge in [0.05, 0.1) is 0 Å². The molecule has 0 aromatic heterocycles. The number of fused-ring (bicyclic) bond motifs is 1. The topological polar surface area (TPSA) is 92.8 Å². The molecule has 2 saturated heterocycles. The molecule has 7 nitrogen and oxygen atoms in total. The average Bonchev–Trinajstić information content (AvgIpc) is 2.88. The number of hydrogen-bond donors (Lipinski definition) is 1. The lowest BCUT2D eigenvalue weighted by Crippen LogP contribution is -2.58. The molecule has 2 aliphatic rings. The Bertz CT molecular complexity index is 774. The maximum atomic E-state index is 12.8. The Balaban J connectivity index is 1.72. The summed E-state index contributed by atoms with van der Waals surface area (Å²) in [6.07, 6.45) is 0.553. The first-order valence-electron chi connectivity index (χ1n) is 8.66. The van der Waals surface area contributed by atoms with Crippen molar-refractivity contribution in [1.82, 2.24) is 10.2 Å². The predicted octanol–water partition coefficient (Wildman–Crippen LogP) is 0.923. The van der Waals surface area contributed by atoms with E-state index < -0.39 is 27.0 Å². The molecule has 0 radical (unpaired) electrons. The van der Waals surface area contributed by atoms with Crippen molar-refractivity contribution in [2.24, 2.45) is 0 Å². The van der Waals surface area contributed by atoms with E-state index in [1.165, 1.54) is 11.8 Å². The summed E-state index contributed by atoms with van der Waals surface area (Å²) in [5.41, 5.74) is 0.808. The Kier molecular flexibility index (Phi) is 5.86. The minimum absolute atomic E-state index is 0.0500. The molecule has 1 aromatic carbocycles. The second kappa shape index (κ2) is 7.98. The quantitative estimate of drug-likeness (QED) is 0.408. The van der Waals surface area contributed by atoms with Crippen molar-refractivity contribution in [2.75, 3.05) is 12.3 Å². The van der Waals surface area contributed by atoms with Crippen molar-refractivity contribution in [2.45, 2.75) is 42.7 Å². The summed E-state index contributed by atoms with van der Waals surface area (Å²) in [5.74, 6) is -0.986. The molecule has 27 heavy (non-hydrogen) atoms. The molecule has 2 amide bonds. The number of carbonyl (C=O) groups excluding carboxylic acids is 3. The van der Waals surface area contributed by atoms with Gasteiger partial charge in [0.25, 0.3) is 0 Å². The number of benzene rings is 1. The van der Waals surface area contributed by atoms with Crippen LogP contribution in [0, 0.1) is 0 Å². The number of carbonyl (C=O) groups is 3. The van der Waals surface area contributed by atoms with Gasteiger partial charge in [-0.3, -0.25) is 13.8 Å². The number of rotatable bonds is 7. The predicted molar refractivity (Wildman–Crippen MR) is 100 cm³/mol. The van der Waals surface area contributed by atoms with Crippen LogP contribution in [0.15, 0.2) is 30.3 Å². The van der Waals surface area contributed by atoms with E-state index in [0.29, 0.717) is 6.42 Å². The molecule has 0 aliphatic carbocycles. The highest BCUT2D eigenvalue weighted by molar-refractivity contribution is 7.88. The van der Waals surface area contributed by atoms with E-state index in [9.17, 15) is 18.6 Å². The van der Waals surface area contributed by atoms with E-state index in [-0.39, 0.29) is 43.2 Å². The fourth-order valence-corrected chi connectivity index (χ4v) is 5.53. The molecule has 2 heterocycles. The van der Waals surface area contributed by atoms with E-state index in [4.69, 9.17) is 16.3 Å². The normalized spacial score (nSPS) is 27.5. The zero-order valence-corrected chi connectivity index (χ0v) is 16.4. The van der Waals surface area contributed by atoms with Crippen LogP contribution in [-0.2, 0) is 36.5 Å². The van der Waals surface area contributed by atoms with Crippen LogP contribution in [0.1, 0.15) is 25.3 Å². The molecular formula is C18H21ClN2O5S. The van der Waals surface area contributed by atoms with Crippen molar-refractivity contribution < 1.29 is 23.3 Å². The number of alkyl halides is 1. The van der Waals surface area contributed by atoms with Crippen LogP contribution in [0.25, 0.3) is 0 Å². The van der Waals surface area contributed by atoms with Crippen LogP contribution < -0.4 is 5.32 Å². The summed E-state index contributed by atoms with van der Waals surface area (Å²) in [6, 6.07) is 7.86. The summed E-state index contributed by atoms with van der Waals surface area (Å²) in [6.45, 7) is 1.60. The number of esters is 1. The zero-order chi connectivity index (χ0) is 19.6. The first kappa shape index (κ1) is 19.8. The number of halogens is 1. The van der Waals surface area contributed by atoms with E-state index in [1.807, 2.05) is 30.3 Å². The van der Waals surface area contributed by atoms with Crippen LogP contribution in [-0.4, -0.2) is 55.5 Å². The lowest BCUT2D eigenvalue weighted by molar-refractivity contribution is -0.161. The third kappa shape index (κ3) is 4.01. The Morgan fingerprint density at radius 2 is 2.07 bits per heavy atom. The first-order valence-corrected chi connectivity index (χ1v) is 10.4. The maximum Gasteiger partial charge on any atom is 0.332 e. The SMILES string of the molecule is CC(=O)NCCS(=O)C1(Cl)CC2CC(=O)N2C1C(=O)OCc1ccccc1. The smallest absolute Gasteiger partial charge is 0.332 e. The largest absolute Gasteiger partial charge is 0.459 e. The van der Waals surface area contributed by atoms with Crippen molar-refractivity contribution >= 4 is 40.2 Å². The number of nitrogens with one attached hydrogen (secondary N) is 1. The molecule has 9 heteroatoms. The minimum atomic E-state index is -1.64. The molecule has 2 aliphatic heterocycles. The van der Waals surface area contributed by atoms with E-state index in [0.717, 1.165) is 5.56 Å². The number of β-lactam (4-membered cyclic amide) rings is 1. The summed E-state index contributed by atoms with van der Waals surface area (Å²) >= 11 is 6.67. The summed E-state index contributed by atoms with van der Waals surface area (Å²) in [5, 5.41) is 2.57. The van der Waals surface area contributed by atoms with Crippen LogP contribution >= 0.6 is 11.6 Å². The molecule has 146 valence electrons. The van der Waals surface area contributed by atoms with Crippen LogP contribution in [0.4, 0.5) is 0 Å². The fraction of sp³-hybridized carbons (Fsp3) is 0.500. The third-order valence-electron chi connectivity index (χ3n) is 4.78. The van der Waals surface area contributed by atoms with E-state index >= 15 is 0 Å². The van der Waals surface area contributed by atoms with Crippen molar-refractivity contribution in [1.29, 1.82) is 0 Å². The zero-order valence-electron chi connectivity index (χ0n) is 14.9. The van der Waals surface area contributed by atoms with Gasteiger partial charge in [0.2, 0.25) is 11.8 Å². The number of nitrogens with zero attached hydrogens (tertiary/aromatic N) is 1. The van der Waals surface area contributed by atoms with Crippen molar-refractivity contribution in [3.63, 3.8) is 0 Å². The van der Waals surface area contributed by atoms with Crippen LogP contribution in [0.2, 0.25) is 0 Å².